The molecule has 1 aromatic heterocycles. The van der Waals surface area contributed by atoms with Crippen molar-refractivity contribution in [3.63, 3.8) is 0 Å². The van der Waals surface area contributed by atoms with Crippen LogP contribution in [-0.4, -0.2) is 53.1 Å². The number of phenolic OH excluding ortho intramolecular Hbond substituents is 2. The van der Waals surface area contributed by atoms with Gasteiger partial charge in [-0.2, -0.15) is 5.26 Å². The molecule has 0 saturated heterocycles. The van der Waals surface area contributed by atoms with Crippen LogP contribution in [0.5, 0.6) is 11.5 Å². The molecule has 2 aromatic carbocycles. The van der Waals surface area contributed by atoms with E-state index in [1.807, 2.05) is 30.3 Å². The molecule has 3 aromatic rings. The van der Waals surface area contributed by atoms with Gasteiger partial charge >= 0.3 is 5.69 Å². The fraction of sp³-hybridized carbons (Fsp3) is 0.100. The maximum atomic E-state index is 12.7. The van der Waals surface area contributed by atoms with Crippen molar-refractivity contribution in [1.82, 2.24) is 19.9 Å². The van der Waals surface area contributed by atoms with Gasteiger partial charge in [0.1, 0.15) is 17.5 Å². The lowest BCUT2D eigenvalue weighted by Gasteiger charge is -2.15. The van der Waals surface area contributed by atoms with Crippen LogP contribution >= 0.6 is 0 Å². The van der Waals surface area contributed by atoms with Gasteiger partial charge in [0.25, 0.3) is 5.91 Å². The Hall–Kier alpha value is -4.92. The van der Waals surface area contributed by atoms with E-state index in [0.717, 1.165) is 22.7 Å². The van der Waals surface area contributed by atoms with Gasteiger partial charge in [0.05, 0.1) is 23.4 Å². The summed E-state index contributed by atoms with van der Waals surface area (Å²) in [5.41, 5.74) is -0.853. The topological polar surface area (TPSA) is 179 Å². The highest BCUT2D eigenvalue weighted by atomic mass is 16.6. The second-order valence-corrected chi connectivity index (χ2v) is 6.61. The van der Waals surface area contributed by atoms with Crippen LogP contribution < -0.4 is 0 Å². The number of phenols is 2. The fourth-order valence-electron chi connectivity index (χ4n) is 2.81. The molecule has 12 heteroatoms. The Kier molecular flexibility index (Phi) is 6.02. The van der Waals surface area contributed by atoms with Gasteiger partial charge in [-0.25, -0.2) is 4.68 Å². The number of aromatic nitrogens is 3. The largest absolute Gasteiger partial charge is 0.506 e. The van der Waals surface area contributed by atoms with Crippen molar-refractivity contribution >= 4 is 17.4 Å². The Bertz CT molecular complexity index is 1260. The zero-order chi connectivity index (χ0) is 23.4. The predicted octanol–water partition coefficient (Wildman–Crippen LogP) is 2.04. The highest BCUT2D eigenvalue weighted by Crippen LogP contribution is 2.38. The number of para-hydroxylation sites is 1. The maximum Gasteiger partial charge on any atom is 0.315 e. The maximum absolute atomic E-state index is 12.7. The normalized spacial score (nSPS) is 11.4. The van der Waals surface area contributed by atoms with Crippen molar-refractivity contribution in [1.29, 1.82) is 5.26 Å². The van der Waals surface area contributed by atoms with Crippen LogP contribution in [0, 0.1) is 21.4 Å². The van der Waals surface area contributed by atoms with E-state index in [0.29, 0.717) is 5.69 Å². The Labute approximate surface area is 180 Å². The van der Waals surface area contributed by atoms with E-state index >= 15 is 0 Å². The first-order chi connectivity index (χ1) is 15.2. The van der Waals surface area contributed by atoms with Crippen molar-refractivity contribution in [2.75, 3.05) is 7.05 Å². The second-order valence-electron chi connectivity index (χ2n) is 6.61. The lowest BCUT2D eigenvalue weighted by molar-refractivity contribution is -0.386. The van der Waals surface area contributed by atoms with Crippen LogP contribution in [0.2, 0.25) is 0 Å². The van der Waals surface area contributed by atoms with Crippen LogP contribution in [0.1, 0.15) is 11.3 Å². The van der Waals surface area contributed by atoms with Crippen molar-refractivity contribution in [3.8, 4) is 23.3 Å². The van der Waals surface area contributed by atoms with Gasteiger partial charge in [-0.3, -0.25) is 14.9 Å². The van der Waals surface area contributed by atoms with E-state index in [4.69, 9.17) is 0 Å². The van der Waals surface area contributed by atoms with Crippen molar-refractivity contribution < 1.29 is 25.0 Å². The molecule has 0 unspecified atom stereocenters. The van der Waals surface area contributed by atoms with Gasteiger partial charge in [0.2, 0.25) is 5.75 Å². The van der Waals surface area contributed by atoms with Gasteiger partial charge in [-0.05, 0) is 18.2 Å². The zero-order valence-corrected chi connectivity index (χ0v) is 16.6. The summed E-state index contributed by atoms with van der Waals surface area (Å²) in [7, 11) is 1.37. The van der Waals surface area contributed by atoms with E-state index in [2.05, 4.69) is 10.3 Å². The summed E-state index contributed by atoms with van der Waals surface area (Å²) in [5.74, 6) is -3.68. The number of likely N-dealkylation sites (N-methyl/N-ethyl adjacent to an activating group) is 1. The number of aromatic hydroxyl groups is 2. The summed E-state index contributed by atoms with van der Waals surface area (Å²) in [4.78, 5) is 23.9. The monoisotopic (exact) mass is 436 g/mol. The van der Waals surface area contributed by atoms with Crippen LogP contribution in [0.25, 0.3) is 11.4 Å². The Morgan fingerprint density at radius 2 is 1.97 bits per heavy atom. The van der Waals surface area contributed by atoms with Gasteiger partial charge in [0.15, 0.2) is 11.3 Å². The number of hydrogen-bond donors (Lipinski definition) is 3. The molecule has 0 aliphatic rings. The van der Waals surface area contributed by atoms with Crippen molar-refractivity contribution in [2.24, 2.45) is 0 Å². The molecule has 32 heavy (non-hydrogen) atoms. The molecule has 0 atom stereocenters. The molecule has 0 spiro atoms. The summed E-state index contributed by atoms with van der Waals surface area (Å²) in [6, 6.07) is 12.2. The number of nitro groups is 1. The minimum atomic E-state index is -1.00. The quantitative estimate of drug-likeness (QED) is 0.130. The third-order valence-corrected chi connectivity index (χ3v) is 4.41. The number of carbonyl (C=O) groups is 1. The van der Waals surface area contributed by atoms with Gasteiger partial charge < -0.3 is 20.2 Å². The van der Waals surface area contributed by atoms with E-state index in [-0.39, 0.29) is 12.1 Å². The first-order valence-electron chi connectivity index (χ1n) is 8.99. The third kappa shape index (κ3) is 4.31. The van der Waals surface area contributed by atoms with E-state index in [1.54, 1.807) is 12.3 Å². The first kappa shape index (κ1) is 21.8. The molecule has 1 heterocycles. The molecule has 162 valence electrons. The standard InChI is InChI=1S/C20H16N6O6/c1-24(10-13-11-25(23-22-13)14-5-3-2-4-6-14)20(30)15(9-21)18(28)12-7-16(26(31)32)19(29)17(27)8-12/h2-8,11,27-29H,10H2,1H3/b18-15-. The summed E-state index contributed by atoms with van der Waals surface area (Å²) >= 11 is 0. The SMILES string of the molecule is CN(Cc1cn(-c2ccccc2)nn1)C(=O)/C(C#N)=C(\O)c1cc(O)c(O)c([N+](=O)[O-])c1. The first-order valence-corrected chi connectivity index (χ1v) is 8.99. The number of nitrogens with zero attached hydrogens (tertiary/aromatic N) is 6. The molecule has 3 rings (SSSR count). The highest BCUT2D eigenvalue weighted by Gasteiger charge is 2.25. The van der Waals surface area contributed by atoms with Crippen molar-refractivity contribution in [3.05, 3.63) is 75.6 Å². The minimum absolute atomic E-state index is 0.0505. The molecule has 0 aliphatic heterocycles. The Morgan fingerprint density at radius 1 is 1.28 bits per heavy atom. The fourth-order valence-corrected chi connectivity index (χ4v) is 2.81. The lowest BCUT2D eigenvalue weighted by atomic mass is 10.1. The number of aliphatic hydroxyl groups is 1. The summed E-state index contributed by atoms with van der Waals surface area (Å²) in [6.07, 6.45) is 1.59. The highest BCUT2D eigenvalue weighted by molar-refractivity contribution is 6.03. The molecule has 3 N–H and O–H groups in total. The molecule has 0 aliphatic carbocycles. The summed E-state index contributed by atoms with van der Waals surface area (Å²) in [6.45, 7) is -0.0505. The van der Waals surface area contributed by atoms with Crippen molar-refractivity contribution in [2.45, 2.75) is 6.54 Å². The van der Waals surface area contributed by atoms with Crippen LogP contribution in [-0.2, 0) is 11.3 Å². The zero-order valence-electron chi connectivity index (χ0n) is 16.6. The number of amides is 1. The average molecular weight is 436 g/mol. The smallest absolute Gasteiger partial charge is 0.315 e. The van der Waals surface area contributed by atoms with E-state index in [1.165, 1.54) is 11.7 Å². The van der Waals surface area contributed by atoms with Crippen LogP contribution in [0.15, 0.2) is 54.2 Å². The third-order valence-electron chi connectivity index (χ3n) is 4.41. The number of nitriles is 1. The Balaban J connectivity index is 1.87. The number of carbonyl (C=O) groups excluding carboxylic acids is 1. The summed E-state index contributed by atoms with van der Waals surface area (Å²) in [5, 5.41) is 58.0. The molecule has 0 radical (unpaired) electrons. The van der Waals surface area contributed by atoms with Gasteiger partial charge in [-0.15, -0.1) is 5.10 Å². The number of rotatable bonds is 6. The average Bonchev–Trinajstić information content (AvgIpc) is 3.24. The van der Waals surface area contributed by atoms with Crippen LogP contribution in [0.4, 0.5) is 5.69 Å². The number of aliphatic hydroxyl groups excluding tert-OH is 1. The Morgan fingerprint density at radius 3 is 2.59 bits per heavy atom. The van der Waals surface area contributed by atoms with E-state index in [9.17, 15) is 35.5 Å². The van der Waals surface area contributed by atoms with Gasteiger partial charge in [-0.1, -0.05) is 23.4 Å². The number of hydrogen-bond acceptors (Lipinski definition) is 9. The minimum Gasteiger partial charge on any atom is -0.506 e. The molecular weight excluding hydrogens is 420 g/mol. The molecule has 12 nitrogen and oxygen atoms in total. The predicted molar refractivity (Wildman–Crippen MR) is 109 cm³/mol. The van der Waals surface area contributed by atoms with Crippen LogP contribution in [0.3, 0.4) is 0 Å². The lowest BCUT2D eigenvalue weighted by Crippen LogP contribution is -2.28. The van der Waals surface area contributed by atoms with E-state index < -0.39 is 39.3 Å². The molecule has 0 bridgehead atoms. The number of nitro benzene ring substituents is 1. The number of benzene rings is 2. The molecular formula is C20H16N6O6. The summed E-state index contributed by atoms with van der Waals surface area (Å²) < 4.78 is 1.50. The molecule has 0 fully saturated rings. The second kappa shape index (κ2) is 8.84. The molecule has 0 saturated carbocycles. The molecule has 1 amide bonds. The van der Waals surface area contributed by atoms with Gasteiger partial charge in [0, 0.05) is 18.7 Å².